The molecule has 0 aliphatic carbocycles. The number of rotatable bonds is 0. The smallest absolute Gasteiger partial charge is 0.854 e. The van der Waals surface area contributed by atoms with Gasteiger partial charge in [-0.1, -0.05) is 0 Å². The van der Waals surface area contributed by atoms with Crippen LogP contribution in [0.4, 0.5) is 0 Å². The van der Waals surface area contributed by atoms with Gasteiger partial charge in [-0.2, -0.15) is 0 Å². The van der Waals surface area contributed by atoms with Crippen molar-refractivity contribution in [3.63, 3.8) is 0 Å². The molecule has 0 fully saturated rings. The molecule has 34 valence electrons. The van der Waals surface area contributed by atoms with E-state index in [0.717, 1.165) is 0 Å². The monoisotopic (exact) mass is 214 g/mol. The summed E-state index contributed by atoms with van der Waals surface area (Å²) in [5.74, 6) is 0. The van der Waals surface area contributed by atoms with E-state index in [4.69, 9.17) is 14.7 Å². The van der Waals surface area contributed by atoms with Crippen LogP contribution < -0.4 is 169 Å². The van der Waals surface area contributed by atoms with Crippen molar-refractivity contribution in [2.75, 3.05) is 0 Å². The van der Waals surface area contributed by atoms with Gasteiger partial charge in [0, 0.05) is 0 Å². The van der Waals surface area contributed by atoms with Gasteiger partial charge in [0.15, 0.2) is 0 Å². The van der Waals surface area contributed by atoms with Crippen LogP contribution in [0.15, 0.2) is 0 Å². The summed E-state index contributed by atoms with van der Waals surface area (Å²) in [7, 11) is -3.37. The molecule has 0 heterocycles. The Morgan fingerprint density at radius 3 is 0.750 bits per heavy atom. The Balaban J connectivity index is -0.00000000750. The van der Waals surface area contributed by atoms with Gasteiger partial charge in [0.25, 0.3) is 0 Å². The first-order valence-electron chi connectivity index (χ1n) is 0.548. The first-order valence-corrected chi connectivity index (χ1v) is 1.64. The summed E-state index contributed by atoms with van der Waals surface area (Å²) in [4.78, 5) is 25.4. The van der Waals surface area contributed by atoms with E-state index >= 15 is 0 Å². The maximum Gasteiger partial charge on any atom is 1.00 e. The summed E-state index contributed by atoms with van der Waals surface area (Å²) >= 11 is 0. The second-order valence-electron chi connectivity index (χ2n) is 0.224. The molecule has 2 N–H and O–H groups in total. The van der Waals surface area contributed by atoms with Crippen molar-refractivity contribution < 1.29 is 174 Å². The maximum absolute atomic E-state index is 8.48. The summed E-state index contributed by atoms with van der Waals surface area (Å²) < 4.78 is 0. The average molecular weight is 214 g/mol. The van der Waals surface area contributed by atoms with Crippen molar-refractivity contribution in [1.29, 1.82) is 0 Å². The van der Waals surface area contributed by atoms with E-state index in [1.165, 1.54) is 0 Å². The Morgan fingerprint density at radius 1 is 0.750 bits per heavy atom. The molecule has 0 amide bonds. The van der Waals surface area contributed by atoms with Crippen molar-refractivity contribution in [3.8, 4) is 0 Å². The molecule has 0 rings (SSSR count). The quantitative estimate of drug-likeness (QED) is 0.295. The zero-order valence-electron chi connectivity index (χ0n) is 5.17. The summed E-state index contributed by atoms with van der Waals surface area (Å²) in [6.07, 6.45) is 0. The van der Waals surface area contributed by atoms with E-state index in [1.807, 2.05) is 0 Å². The van der Waals surface area contributed by atoms with Crippen molar-refractivity contribution in [1.82, 2.24) is 0 Å². The standard InChI is InChI=1S/3K.O3P.H2O/c;;;1-4(2)3;/h;;;;1H2/q3*+1;-3;. The van der Waals surface area contributed by atoms with Gasteiger partial charge in [-0.25, -0.2) is 0 Å². The van der Waals surface area contributed by atoms with E-state index in [-0.39, 0.29) is 160 Å². The topological polar surface area (TPSA) is 101 Å². The van der Waals surface area contributed by atoms with Crippen LogP contribution in [0.5, 0.6) is 0 Å². The van der Waals surface area contributed by atoms with Crippen LogP contribution in [0.25, 0.3) is 0 Å². The SMILES string of the molecule is O.[K+].[K+].[K+].[O-]P([O-])[O-]. The van der Waals surface area contributed by atoms with Gasteiger partial charge >= 0.3 is 154 Å². The maximum atomic E-state index is 8.48. The van der Waals surface area contributed by atoms with Crippen LogP contribution in [-0.4, -0.2) is 5.48 Å². The molecule has 0 aromatic carbocycles. The van der Waals surface area contributed by atoms with Gasteiger partial charge in [0.2, 0.25) is 0 Å². The third kappa shape index (κ3) is 43.2. The molecular formula is H2K3O4P. The first-order chi connectivity index (χ1) is 1.73. The van der Waals surface area contributed by atoms with Gasteiger partial charge in [-0.15, -0.1) is 0 Å². The minimum Gasteiger partial charge on any atom is -0.854 e. The fourth-order valence-corrected chi connectivity index (χ4v) is 0. The van der Waals surface area contributed by atoms with E-state index in [0.29, 0.717) is 0 Å². The Morgan fingerprint density at radius 2 is 0.750 bits per heavy atom. The zero-order valence-corrected chi connectivity index (χ0v) is 15.4. The van der Waals surface area contributed by atoms with Crippen LogP contribution in [0.2, 0.25) is 0 Å². The van der Waals surface area contributed by atoms with E-state index in [9.17, 15) is 0 Å². The molecule has 0 radical (unpaired) electrons. The first kappa shape index (κ1) is 29.2. The second-order valence-corrected chi connectivity index (χ2v) is 0.671. The number of hydrogen-bond donors (Lipinski definition) is 0. The average Bonchev–Trinajstić information content (AvgIpc) is 0.811. The summed E-state index contributed by atoms with van der Waals surface area (Å²) in [6, 6.07) is 0. The van der Waals surface area contributed by atoms with Crippen LogP contribution in [0, 0.1) is 0 Å². The zero-order chi connectivity index (χ0) is 3.58. The number of hydrogen-bond acceptors (Lipinski definition) is 3. The van der Waals surface area contributed by atoms with Crippen molar-refractivity contribution in [3.05, 3.63) is 0 Å². The molecule has 0 unspecified atom stereocenters. The Hall–Kier alpha value is 5.18. The molecule has 0 aliphatic rings. The van der Waals surface area contributed by atoms with Gasteiger partial charge in [0.05, 0.1) is 0 Å². The van der Waals surface area contributed by atoms with E-state index in [1.54, 1.807) is 0 Å². The predicted octanol–water partition coefficient (Wildman–Crippen LogP) is -12.5. The van der Waals surface area contributed by atoms with Crippen LogP contribution in [0.1, 0.15) is 0 Å². The predicted molar refractivity (Wildman–Crippen MR) is 10.5 cm³/mol. The fourth-order valence-electron chi connectivity index (χ4n) is 0. The van der Waals surface area contributed by atoms with Gasteiger partial charge in [0.1, 0.15) is 0 Å². The largest absolute Gasteiger partial charge is 1.00 e. The summed E-state index contributed by atoms with van der Waals surface area (Å²) in [5.41, 5.74) is 0. The summed E-state index contributed by atoms with van der Waals surface area (Å²) in [6.45, 7) is 0. The van der Waals surface area contributed by atoms with Crippen molar-refractivity contribution in [2.45, 2.75) is 0 Å². The molecule has 0 aromatic heterocycles. The molecule has 8 heteroatoms. The molecule has 0 aromatic rings. The van der Waals surface area contributed by atoms with Crippen molar-refractivity contribution in [2.24, 2.45) is 0 Å². The molecule has 0 saturated carbocycles. The third-order valence-corrected chi connectivity index (χ3v) is 0. The molecular weight excluding hydrogens is 212 g/mol. The second kappa shape index (κ2) is 22.8. The minimum atomic E-state index is -3.37. The Labute approximate surface area is 177 Å². The molecule has 0 bridgehead atoms. The molecule has 0 spiro atoms. The van der Waals surface area contributed by atoms with Gasteiger partial charge < -0.3 is 28.8 Å². The molecule has 0 atom stereocenters. The molecule has 8 heavy (non-hydrogen) atoms. The van der Waals surface area contributed by atoms with Gasteiger partial charge in [-0.05, 0) is 0 Å². The third-order valence-electron chi connectivity index (χ3n) is 0. The molecule has 0 saturated heterocycles. The van der Waals surface area contributed by atoms with Crippen molar-refractivity contribution >= 4 is 8.60 Å². The van der Waals surface area contributed by atoms with E-state index in [2.05, 4.69) is 0 Å². The molecule has 0 aliphatic heterocycles. The Kier molecular flexibility index (Phi) is 83.1. The van der Waals surface area contributed by atoms with Crippen LogP contribution in [0.3, 0.4) is 0 Å². The van der Waals surface area contributed by atoms with E-state index < -0.39 is 8.60 Å². The Bertz CT molecular complexity index is 16.0. The fraction of sp³-hybridized carbons (Fsp3) is 0. The normalized spacial score (nSPS) is 4.50. The minimum absolute atomic E-state index is 0. The van der Waals surface area contributed by atoms with Crippen LogP contribution in [-0.2, 0) is 0 Å². The van der Waals surface area contributed by atoms with Crippen LogP contribution >= 0.6 is 8.60 Å². The molecule has 4 nitrogen and oxygen atoms in total. The van der Waals surface area contributed by atoms with Gasteiger partial charge in [-0.3, -0.25) is 0 Å². The summed E-state index contributed by atoms with van der Waals surface area (Å²) in [5, 5.41) is 0.